The van der Waals surface area contributed by atoms with Gasteiger partial charge in [-0.1, -0.05) is 28.1 Å². The van der Waals surface area contributed by atoms with E-state index in [-0.39, 0.29) is 18.2 Å². The largest absolute Gasteiger partial charge is 0.483 e. The lowest BCUT2D eigenvalue weighted by Crippen LogP contribution is -2.32. The molecule has 0 saturated heterocycles. The summed E-state index contributed by atoms with van der Waals surface area (Å²) in [4.78, 5) is 35.9. The van der Waals surface area contributed by atoms with Crippen molar-refractivity contribution in [2.24, 2.45) is 5.10 Å². The molecule has 3 amide bonds. The molecular weight excluding hydrogens is 495 g/mol. The van der Waals surface area contributed by atoms with Crippen LogP contribution < -0.4 is 20.8 Å². The van der Waals surface area contributed by atoms with E-state index in [1.54, 1.807) is 48.5 Å². The first-order valence-corrected chi connectivity index (χ1v) is 10.4. The fourth-order valence-corrected chi connectivity index (χ4v) is 2.79. The molecule has 0 spiro atoms. The van der Waals surface area contributed by atoms with Gasteiger partial charge in [-0.05, 0) is 60.7 Å². The van der Waals surface area contributed by atoms with E-state index in [0.29, 0.717) is 17.0 Å². The Labute approximate surface area is 197 Å². The van der Waals surface area contributed by atoms with E-state index in [1.807, 2.05) is 0 Å². The fraction of sp³-hybridized carbons (Fsp3) is 0.0435. The summed E-state index contributed by atoms with van der Waals surface area (Å²) in [6.45, 7) is -0.243. The molecule has 3 rings (SSSR count). The molecule has 8 nitrogen and oxygen atoms in total. The maximum atomic E-state index is 12.9. The lowest BCUT2D eigenvalue weighted by Gasteiger charge is -2.09. The molecule has 0 saturated carbocycles. The molecule has 33 heavy (non-hydrogen) atoms. The van der Waals surface area contributed by atoms with Crippen molar-refractivity contribution in [3.63, 3.8) is 0 Å². The molecule has 3 aromatic carbocycles. The van der Waals surface area contributed by atoms with Crippen molar-refractivity contribution >= 4 is 51.2 Å². The third-order valence-corrected chi connectivity index (χ3v) is 4.61. The van der Waals surface area contributed by atoms with Crippen LogP contribution in [0.5, 0.6) is 5.75 Å². The van der Waals surface area contributed by atoms with Crippen molar-refractivity contribution in [1.82, 2.24) is 5.43 Å². The van der Waals surface area contributed by atoms with E-state index in [9.17, 15) is 18.8 Å². The molecule has 0 heterocycles. The quantitative estimate of drug-likeness (QED) is 0.254. The number of hydrogen-bond acceptors (Lipinski definition) is 5. The third-order valence-electron chi connectivity index (χ3n) is 4.08. The van der Waals surface area contributed by atoms with Crippen LogP contribution in [0.4, 0.5) is 15.8 Å². The summed E-state index contributed by atoms with van der Waals surface area (Å²) >= 11 is 3.32. The van der Waals surface area contributed by atoms with Gasteiger partial charge in [0.15, 0.2) is 6.61 Å². The van der Waals surface area contributed by atoms with Crippen LogP contribution in [0.15, 0.2) is 82.4 Å². The zero-order valence-corrected chi connectivity index (χ0v) is 18.6. The number of para-hydroxylation sites is 1. The van der Waals surface area contributed by atoms with Crippen molar-refractivity contribution in [3.8, 4) is 5.75 Å². The van der Waals surface area contributed by atoms with Crippen LogP contribution in [0.1, 0.15) is 5.56 Å². The average molecular weight is 513 g/mol. The normalized spacial score (nSPS) is 10.5. The van der Waals surface area contributed by atoms with Crippen molar-refractivity contribution in [1.29, 1.82) is 0 Å². The Hall–Kier alpha value is -4.05. The average Bonchev–Trinajstić information content (AvgIpc) is 2.81. The molecule has 0 unspecified atom stereocenters. The Bertz CT molecular complexity index is 1170. The minimum absolute atomic E-state index is 0.243. The van der Waals surface area contributed by atoms with Gasteiger partial charge in [0, 0.05) is 21.4 Å². The monoisotopic (exact) mass is 512 g/mol. The summed E-state index contributed by atoms with van der Waals surface area (Å²) in [5, 5.41) is 8.78. The highest BCUT2D eigenvalue weighted by Gasteiger charge is 2.13. The van der Waals surface area contributed by atoms with Gasteiger partial charge >= 0.3 is 11.8 Å². The van der Waals surface area contributed by atoms with Gasteiger partial charge in [0.25, 0.3) is 5.91 Å². The van der Waals surface area contributed by atoms with Crippen LogP contribution in [-0.4, -0.2) is 30.5 Å². The molecule has 0 atom stereocenters. The van der Waals surface area contributed by atoms with E-state index in [1.165, 1.54) is 18.3 Å². The minimum Gasteiger partial charge on any atom is -0.483 e. The number of ether oxygens (including phenoxy) is 1. The molecule has 3 aromatic rings. The summed E-state index contributed by atoms with van der Waals surface area (Å²) in [7, 11) is 0. The van der Waals surface area contributed by atoms with Crippen molar-refractivity contribution in [3.05, 3.63) is 88.6 Å². The maximum absolute atomic E-state index is 12.9. The van der Waals surface area contributed by atoms with Gasteiger partial charge in [0.2, 0.25) is 0 Å². The minimum atomic E-state index is -1.01. The number of benzene rings is 3. The van der Waals surface area contributed by atoms with Crippen LogP contribution >= 0.6 is 15.9 Å². The van der Waals surface area contributed by atoms with Gasteiger partial charge in [-0.15, -0.1) is 0 Å². The van der Waals surface area contributed by atoms with Crippen LogP contribution in [0.2, 0.25) is 0 Å². The van der Waals surface area contributed by atoms with Gasteiger partial charge in [0.05, 0.1) is 6.21 Å². The smallest absolute Gasteiger partial charge is 0.329 e. The summed E-state index contributed by atoms with van der Waals surface area (Å²) < 4.78 is 19.4. The molecule has 0 aliphatic rings. The molecular formula is C23H18BrFN4O4. The Kier molecular flexibility index (Phi) is 8.25. The summed E-state index contributed by atoms with van der Waals surface area (Å²) in [5.41, 5.74) is 3.47. The molecule has 3 N–H and O–H groups in total. The highest BCUT2D eigenvalue weighted by Crippen LogP contribution is 2.17. The number of nitrogens with zero attached hydrogens (tertiary/aromatic N) is 1. The van der Waals surface area contributed by atoms with Gasteiger partial charge in [-0.2, -0.15) is 5.10 Å². The van der Waals surface area contributed by atoms with E-state index < -0.39 is 17.6 Å². The maximum Gasteiger partial charge on any atom is 0.329 e. The highest BCUT2D eigenvalue weighted by molar-refractivity contribution is 9.10. The van der Waals surface area contributed by atoms with Crippen LogP contribution in [0.25, 0.3) is 0 Å². The predicted octanol–water partition coefficient (Wildman–Crippen LogP) is 3.69. The fourth-order valence-electron chi connectivity index (χ4n) is 2.52. The number of rotatable bonds is 7. The summed E-state index contributed by atoms with van der Waals surface area (Å²) in [6.07, 6.45) is 1.28. The van der Waals surface area contributed by atoms with E-state index in [4.69, 9.17) is 4.74 Å². The molecule has 0 aromatic heterocycles. The van der Waals surface area contributed by atoms with Gasteiger partial charge in [-0.25, -0.2) is 9.82 Å². The molecule has 10 heteroatoms. The topological polar surface area (TPSA) is 109 Å². The second-order valence-corrected chi connectivity index (χ2v) is 7.46. The predicted molar refractivity (Wildman–Crippen MR) is 125 cm³/mol. The molecule has 0 bridgehead atoms. The summed E-state index contributed by atoms with van der Waals surface area (Å²) in [6, 6.07) is 18.8. The first kappa shape index (κ1) is 23.6. The molecule has 0 fully saturated rings. The van der Waals surface area contributed by atoms with Crippen LogP contribution in [0.3, 0.4) is 0 Å². The molecule has 0 aliphatic carbocycles. The van der Waals surface area contributed by atoms with Crippen molar-refractivity contribution in [2.45, 2.75) is 0 Å². The Morgan fingerprint density at radius 2 is 1.52 bits per heavy atom. The lowest BCUT2D eigenvalue weighted by atomic mass is 10.2. The molecule has 0 radical (unpaired) electrons. The van der Waals surface area contributed by atoms with Crippen molar-refractivity contribution < 1.29 is 23.5 Å². The highest BCUT2D eigenvalue weighted by atomic mass is 79.9. The zero-order chi connectivity index (χ0) is 23.6. The van der Waals surface area contributed by atoms with E-state index >= 15 is 0 Å². The zero-order valence-electron chi connectivity index (χ0n) is 17.0. The SMILES string of the molecule is O=C(COc1ccccc1/C=N\NC(=O)C(=O)Nc1ccc(F)cc1)Nc1ccc(Br)cc1. The number of carbonyl (C=O) groups excluding carboxylic acids is 3. The Balaban J connectivity index is 1.52. The number of halogens is 2. The number of nitrogens with one attached hydrogen (secondary N) is 3. The van der Waals surface area contributed by atoms with Crippen LogP contribution in [-0.2, 0) is 14.4 Å². The van der Waals surface area contributed by atoms with Gasteiger partial charge in [-0.3, -0.25) is 14.4 Å². The van der Waals surface area contributed by atoms with Crippen LogP contribution in [0, 0.1) is 5.82 Å². The summed E-state index contributed by atoms with van der Waals surface area (Å²) in [5.74, 6) is -2.43. The number of amides is 3. The Morgan fingerprint density at radius 1 is 0.879 bits per heavy atom. The van der Waals surface area contributed by atoms with Gasteiger partial charge in [0.1, 0.15) is 11.6 Å². The first-order valence-electron chi connectivity index (χ1n) is 9.58. The lowest BCUT2D eigenvalue weighted by molar-refractivity contribution is -0.136. The first-order chi connectivity index (χ1) is 15.9. The number of anilines is 2. The van der Waals surface area contributed by atoms with Crippen molar-refractivity contribution in [2.75, 3.05) is 17.2 Å². The van der Waals surface area contributed by atoms with E-state index in [0.717, 1.165) is 16.6 Å². The second-order valence-electron chi connectivity index (χ2n) is 6.54. The van der Waals surface area contributed by atoms with E-state index in [2.05, 4.69) is 37.1 Å². The number of carbonyl (C=O) groups is 3. The number of hydrazone groups is 1. The standard InChI is InChI=1S/C23H18BrFN4O4/c24-16-5-9-18(10-6-16)27-21(30)14-33-20-4-2-1-3-15(20)13-26-29-23(32)22(31)28-19-11-7-17(25)8-12-19/h1-13H,14H2,(H,27,30)(H,28,31)(H,29,32)/b26-13-. The third kappa shape index (κ3) is 7.54. The Morgan fingerprint density at radius 3 is 2.24 bits per heavy atom. The number of hydrogen-bond donors (Lipinski definition) is 3. The second kappa shape index (κ2) is 11.5. The molecule has 0 aliphatic heterocycles. The van der Waals surface area contributed by atoms with Gasteiger partial charge < -0.3 is 15.4 Å². The molecule has 168 valence electrons.